The van der Waals surface area contributed by atoms with E-state index in [9.17, 15) is 4.79 Å². The lowest BCUT2D eigenvalue weighted by Crippen LogP contribution is -2.25. The van der Waals surface area contributed by atoms with Crippen molar-refractivity contribution in [2.45, 2.75) is 20.8 Å². The molecule has 0 aliphatic carbocycles. The van der Waals surface area contributed by atoms with Crippen LogP contribution >= 0.6 is 11.6 Å². The van der Waals surface area contributed by atoms with Crippen LogP contribution in [0.25, 0.3) is 0 Å². The second-order valence-corrected chi connectivity index (χ2v) is 3.23. The highest BCUT2D eigenvalue weighted by Crippen LogP contribution is 2.16. The van der Waals surface area contributed by atoms with Crippen LogP contribution in [-0.2, 0) is 4.79 Å². The van der Waals surface area contributed by atoms with Crippen LogP contribution in [0.3, 0.4) is 0 Å². The van der Waals surface area contributed by atoms with Crippen LogP contribution in [0, 0.1) is 0 Å². The van der Waals surface area contributed by atoms with E-state index in [4.69, 9.17) is 16.3 Å². The van der Waals surface area contributed by atoms with Gasteiger partial charge in [0.05, 0.1) is 6.54 Å². The minimum absolute atomic E-state index is 0.0558. The molecule has 1 N–H and O–H groups in total. The summed E-state index contributed by atoms with van der Waals surface area (Å²) in [7, 11) is 0. The highest BCUT2D eigenvalue weighted by Gasteiger charge is 1.95. The molecule has 0 spiro atoms. The normalized spacial score (nSPS) is 8.75. The smallest absolute Gasteiger partial charge is 0.216 e. The first-order chi connectivity index (χ1) is 7.68. The van der Waals surface area contributed by atoms with Crippen LogP contribution in [0.15, 0.2) is 24.3 Å². The standard InChI is InChI=1S/C10H12ClNO2.C2H6/c1-8(13)12-5-6-14-10-4-2-3-9(11)7-10;1-2/h2-4,7H,5-6H2,1H3,(H,12,13);1-2H3. The van der Waals surface area contributed by atoms with Crippen molar-refractivity contribution >= 4 is 17.5 Å². The Labute approximate surface area is 102 Å². The van der Waals surface area contributed by atoms with E-state index in [2.05, 4.69) is 5.32 Å². The van der Waals surface area contributed by atoms with Gasteiger partial charge < -0.3 is 10.1 Å². The molecule has 3 nitrogen and oxygen atoms in total. The van der Waals surface area contributed by atoms with Crippen molar-refractivity contribution in [3.8, 4) is 5.75 Å². The van der Waals surface area contributed by atoms with Crippen molar-refractivity contribution in [1.29, 1.82) is 0 Å². The zero-order valence-electron chi connectivity index (χ0n) is 9.92. The van der Waals surface area contributed by atoms with Gasteiger partial charge >= 0.3 is 0 Å². The highest BCUT2D eigenvalue weighted by atomic mass is 35.5. The third-order valence-electron chi connectivity index (χ3n) is 1.54. The number of amides is 1. The van der Waals surface area contributed by atoms with Gasteiger partial charge in [-0.1, -0.05) is 31.5 Å². The predicted octanol–water partition coefficient (Wildman–Crippen LogP) is 2.88. The number of nitrogens with one attached hydrogen (secondary N) is 1. The summed E-state index contributed by atoms with van der Waals surface area (Å²) in [5.74, 6) is 0.655. The quantitative estimate of drug-likeness (QED) is 0.826. The topological polar surface area (TPSA) is 38.3 Å². The van der Waals surface area contributed by atoms with E-state index in [1.165, 1.54) is 6.92 Å². The monoisotopic (exact) mass is 243 g/mol. The van der Waals surface area contributed by atoms with Gasteiger partial charge in [-0.2, -0.15) is 0 Å². The molecule has 0 saturated heterocycles. The number of benzene rings is 1. The Morgan fingerprint density at radius 3 is 2.69 bits per heavy atom. The van der Waals surface area contributed by atoms with Crippen LogP contribution in [-0.4, -0.2) is 19.1 Å². The van der Waals surface area contributed by atoms with Crippen molar-refractivity contribution in [3.05, 3.63) is 29.3 Å². The van der Waals surface area contributed by atoms with Crippen LogP contribution in [0.4, 0.5) is 0 Å². The molecule has 0 heterocycles. The summed E-state index contributed by atoms with van der Waals surface area (Å²) in [6.45, 7) is 6.42. The molecule has 1 amide bonds. The fourth-order valence-corrected chi connectivity index (χ4v) is 1.13. The van der Waals surface area contributed by atoms with Crippen LogP contribution in [0.1, 0.15) is 20.8 Å². The molecule has 0 bridgehead atoms. The minimum atomic E-state index is -0.0558. The summed E-state index contributed by atoms with van der Waals surface area (Å²) < 4.78 is 5.34. The van der Waals surface area contributed by atoms with E-state index >= 15 is 0 Å². The second-order valence-electron chi connectivity index (χ2n) is 2.79. The van der Waals surface area contributed by atoms with Gasteiger partial charge in [0.15, 0.2) is 0 Å². The maximum absolute atomic E-state index is 10.5. The molecule has 1 rings (SSSR count). The molecule has 0 fully saturated rings. The van der Waals surface area contributed by atoms with Gasteiger partial charge in [-0.3, -0.25) is 4.79 Å². The Hall–Kier alpha value is -1.22. The molecule has 0 radical (unpaired) electrons. The first-order valence-electron chi connectivity index (χ1n) is 5.31. The predicted molar refractivity (Wildman–Crippen MR) is 67.0 cm³/mol. The van der Waals surface area contributed by atoms with Gasteiger partial charge in [0, 0.05) is 11.9 Å². The van der Waals surface area contributed by atoms with E-state index in [-0.39, 0.29) is 5.91 Å². The van der Waals surface area contributed by atoms with E-state index in [0.29, 0.717) is 23.9 Å². The molecule has 0 aromatic heterocycles. The Balaban J connectivity index is 0.00000106. The first-order valence-corrected chi connectivity index (χ1v) is 5.69. The SMILES string of the molecule is CC.CC(=O)NCCOc1cccc(Cl)c1. The molecule has 16 heavy (non-hydrogen) atoms. The maximum atomic E-state index is 10.5. The zero-order chi connectivity index (χ0) is 12.4. The van der Waals surface area contributed by atoms with E-state index in [1.807, 2.05) is 26.0 Å². The molecule has 0 unspecified atom stereocenters. The molecular formula is C12H18ClNO2. The van der Waals surface area contributed by atoms with Crippen molar-refractivity contribution in [1.82, 2.24) is 5.32 Å². The van der Waals surface area contributed by atoms with Gasteiger partial charge in [0.2, 0.25) is 5.91 Å². The Kier molecular flexibility index (Phi) is 8.35. The summed E-state index contributed by atoms with van der Waals surface area (Å²) in [6.07, 6.45) is 0. The Morgan fingerprint density at radius 1 is 1.44 bits per heavy atom. The van der Waals surface area contributed by atoms with E-state index in [0.717, 1.165) is 0 Å². The molecule has 1 aromatic rings. The van der Waals surface area contributed by atoms with Gasteiger partial charge in [-0.15, -0.1) is 0 Å². The zero-order valence-corrected chi connectivity index (χ0v) is 10.7. The number of carbonyl (C=O) groups is 1. The van der Waals surface area contributed by atoms with Gasteiger partial charge in [-0.25, -0.2) is 0 Å². The number of hydrogen-bond acceptors (Lipinski definition) is 2. The third kappa shape index (κ3) is 7.12. The number of halogens is 1. The molecular weight excluding hydrogens is 226 g/mol. The third-order valence-corrected chi connectivity index (χ3v) is 1.78. The summed E-state index contributed by atoms with van der Waals surface area (Å²) in [5, 5.41) is 3.27. The average molecular weight is 244 g/mol. The molecule has 0 aliphatic rings. The Morgan fingerprint density at radius 2 is 2.12 bits per heavy atom. The van der Waals surface area contributed by atoms with Crippen molar-refractivity contribution in [2.75, 3.05) is 13.2 Å². The lowest BCUT2D eigenvalue weighted by Gasteiger charge is -2.06. The van der Waals surface area contributed by atoms with Crippen molar-refractivity contribution in [2.24, 2.45) is 0 Å². The lowest BCUT2D eigenvalue weighted by atomic mass is 10.3. The fraction of sp³-hybridized carbons (Fsp3) is 0.417. The van der Waals surface area contributed by atoms with Crippen LogP contribution in [0.2, 0.25) is 5.02 Å². The number of hydrogen-bond donors (Lipinski definition) is 1. The molecule has 0 aliphatic heterocycles. The number of rotatable bonds is 4. The van der Waals surface area contributed by atoms with Gasteiger partial charge in [-0.05, 0) is 18.2 Å². The molecule has 1 aromatic carbocycles. The fourth-order valence-electron chi connectivity index (χ4n) is 0.953. The van der Waals surface area contributed by atoms with Crippen LogP contribution < -0.4 is 10.1 Å². The Bertz CT molecular complexity index is 316. The molecule has 4 heteroatoms. The first kappa shape index (κ1) is 14.8. The summed E-state index contributed by atoms with van der Waals surface area (Å²) in [5.41, 5.74) is 0. The van der Waals surface area contributed by atoms with E-state index < -0.39 is 0 Å². The summed E-state index contributed by atoms with van der Waals surface area (Å²) in [4.78, 5) is 10.5. The van der Waals surface area contributed by atoms with Crippen molar-refractivity contribution in [3.63, 3.8) is 0 Å². The lowest BCUT2D eigenvalue weighted by molar-refractivity contribution is -0.119. The minimum Gasteiger partial charge on any atom is -0.492 e. The summed E-state index contributed by atoms with van der Waals surface area (Å²) >= 11 is 5.76. The molecule has 90 valence electrons. The van der Waals surface area contributed by atoms with Gasteiger partial charge in [0.25, 0.3) is 0 Å². The van der Waals surface area contributed by atoms with Gasteiger partial charge in [0.1, 0.15) is 12.4 Å². The second kappa shape index (κ2) is 9.04. The largest absolute Gasteiger partial charge is 0.492 e. The number of ether oxygens (including phenoxy) is 1. The average Bonchev–Trinajstić information content (AvgIpc) is 2.27. The van der Waals surface area contributed by atoms with Crippen LogP contribution in [0.5, 0.6) is 5.75 Å². The summed E-state index contributed by atoms with van der Waals surface area (Å²) in [6, 6.07) is 7.15. The van der Waals surface area contributed by atoms with Crippen molar-refractivity contribution < 1.29 is 9.53 Å². The van der Waals surface area contributed by atoms with E-state index in [1.54, 1.807) is 12.1 Å². The molecule has 0 atom stereocenters. The molecule has 0 saturated carbocycles. The highest BCUT2D eigenvalue weighted by molar-refractivity contribution is 6.30. The maximum Gasteiger partial charge on any atom is 0.216 e. The number of carbonyl (C=O) groups excluding carboxylic acids is 1.